The number of aromatic nitrogens is 2. The smallest absolute Gasteiger partial charge is 0.0958 e. The molecule has 0 N–H and O–H groups in total. The zero-order chi connectivity index (χ0) is 13.2. The largest absolute Gasteiger partial charge is 0.330 e. The summed E-state index contributed by atoms with van der Waals surface area (Å²) in [5.74, 6) is 0.623. The van der Waals surface area contributed by atoms with Gasteiger partial charge in [0.1, 0.15) is 0 Å². The Balaban J connectivity index is 2.09. The van der Waals surface area contributed by atoms with E-state index < -0.39 is 0 Å². The monoisotopic (exact) mass is 250 g/mol. The number of rotatable bonds is 3. The Bertz CT molecular complexity index is 681. The number of benzene rings is 2. The molecule has 1 aromatic heterocycles. The van der Waals surface area contributed by atoms with E-state index in [0.29, 0.717) is 5.92 Å². The van der Waals surface area contributed by atoms with Crippen LogP contribution in [0.4, 0.5) is 0 Å². The third kappa shape index (κ3) is 2.39. The highest BCUT2D eigenvalue weighted by molar-refractivity contribution is 5.82. The first-order valence-electron chi connectivity index (χ1n) is 6.74. The van der Waals surface area contributed by atoms with Crippen LogP contribution in [0, 0.1) is 5.92 Å². The Morgan fingerprint density at radius 2 is 1.79 bits per heavy atom. The van der Waals surface area contributed by atoms with Crippen molar-refractivity contribution in [3.63, 3.8) is 0 Å². The summed E-state index contributed by atoms with van der Waals surface area (Å²) in [7, 11) is 0. The fourth-order valence-corrected chi connectivity index (χ4v) is 2.41. The van der Waals surface area contributed by atoms with Crippen LogP contribution in [0.1, 0.15) is 13.8 Å². The van der Waals surface area contributed by atoms with Crippen molar-refractivity contribution >= 4 is 11.0 Å². The van der Waals surface area contributed by atoms with Crippen molar-refractivity contribution in [1.82, 2.24) is 9.55 Å². The average molecular weight is 250 g/mol. The molecule has 0 spiro atoms. The van der Waals surface area contributed by atoms with Crippen LogP contribution in [0.3, 0.4) is 0 Å². The van der Waals surface area contributed by atoms with Gasteiger partial charge in [0.25, 0.3) is 0 Å². The third-order valence-corrected chi connectivity index (χ3v) is 3.29. The van der Waals surface area contributed by atoms with Gasteiger partial charge in [0.05, 0.1) is 17.4 Å². The fourth-order valence-electron chi connectivity index (χ4n) is 2.41. The Morgan fingerprint density at radius 3 is 2.53 bits per heavy atom. The van der Waals surface area contributed by atoms with Crippen LogP contribution in [0.5, 0.6) is 0 Å². The van der Waals surface area contributed by atoms with E-state index >= 15 is 0 Å². The predicted molar refractivity (Wildman–Crippen MR) is 80.0 cm³/mol. The van der Waals surface area contributed by atoms with E-state index in [-0.39, 0.29) is 0 Å². The van der Waals surface area contributed by atoms with Gasteiger partial charge in [-0.05, 0) is 29.2 Å². The lowest BCUT2D eigenvalue weighted by molar-refractivity contribution is 0.533. The minimum absolute atomic E-state index is 0.623. The summed E-state index contributed by atoms with van der Waals surface area (Å²) in [6, 6.07) is 17.0. The van der Waals surface area contributed by atoms with Crippen molar-refractivity contribution in [3.8, 4) is 11.1 Å². The standard InChI is InChI=1S/C17H18N2/c1-13(2)11-19-12-18-16-9-8-15(10-17(16)19)14-6-4-3-5-7-14/h3-10,12-13H,11H2,1-2H3. The highest BCUT2D eigenvalue weighted by Crippen LogP contribution is 2.24. The highest BCUT2D eigenvalue weighted by Gasteiger charge is 2.06. The van der Waals surface area contributed by atoms with Crippen molar-refractivity contribution < 1.29 is 0 Å². The maximum atomic E-state index is 4.47. The lowest BCUT2D eigenvalue weighted by atomic mass is 10.1. The van der Waals surface area contributed by atoms with E-state index in [1.165, 1.54) is 16.6 Å². The van der Waals surface area contributed by atoms with Gasteiger partial charge >= 0.3 is 0 Å². The Labute approximate surface area is 113 Å². The molecule has 0 amide bonds. The van der Waals surface area contributed by atoms with E-state index in [1.54, 1.807) is 0 Å². The molecule has 2 nitrogen and oxygen atoms in total. The van der Waals surface area contributed by atoms with Gasteiger partial charge in [-0.15, -0.1) is 0 Å². The predicted octanol–water partition coefficient (Wildman–Crippen LogP) is 4.36. The van der Waals surface area contributed by atoms with Gasteiger partial charge in [-0.1, -0.05) is 50.2 Å². The van der Waals surface area contributed by atoms with Gasteiger partial charge in [0.15, 0.2) is 0 Å². The third-order valence-electron chi connectivity index (χ3n) is 3.29. The first kappa shape index (κ1) is 12.0. The second-order valence-corrected chi connectivity index (χ2v) is 5.36. The molecular weight excluding hydrogens is 232 g/mol. The molecule has 0 bridgehead atoms. The summed E-state index contributed by atoms with van der Waals surface area (Å²) in [5, 5.41) is 0. The van der Waals surface area contributed by atoms with E-state index in [4.69, 9.17) is 0 Å². The molecule has 0 unspecified atom stereocenters. The van der Waals surface area contributed by atoms with Gasteiger partial charge in [0.2, 0.25) is 0 Å². The molecule has 2 heteroatoms. The van der Waals surface area contributed by atoms with Crippen molar-refractivity contribution in [2.24, 2.45) is 5.92 Å². The molecular formula is C17H18N2. The highest BCUT2D eigenvalue weighted by atomic mass is 15.0. The second kappa shape index (κ2) is 4.88. The minimum Gasteiger partial charge on any atom is -0.330 e. The summed E-state index contributed by atoms with van der Waals surface area (Å²) >= 11 is 0. The zero-order valence-electron chi connectivity index (χ0n) is 11.4. The minimum atomic E-state index is 0.623. The van der Waals surface area contributed by atoms with Crippen LogP contribution in [-0.4, -0.2) is 9.55 Å². The van der Waals surface area contributed by atoms with Crippen molar-refractivity contribution in [2.45, 2.75) is 20.4 Å². The molecule has 0 fully saturated rings. The van der Waals surface area contributed by atoms with Crippen LogP contribution in [0.15, 0.2) is 54.9 Å². The number of hydrogen-bond donors (Lipinski definition) is 0. The lowest BCUT2D eigenvalue weighted by Gasteiger charge is -2.08. The van der Waals surface area contributed by atoms with Crippen molar-refractivity contribution in [2.75, 3.05) is 0 Å². The van der Waals surface area contributed by atoms with Crippen molar-refractivity contribution in [1.29, 1.82) is 0 Å². The Hall–Kier alpha value is -2.09. The lowest BCUT2D eigenvalue weighted by Crippen LogP contribution is -2.02. The van der Waals surface area contributed by atoms with Gasteiger partial charge in [-0.25, -0.2) is 4.98 Å². The van der Waals surface area contributed by atoms with E-state index in [9.17, 15) is 0 Å². The van der Waals surface area contributed by atoms with Crippen LogP contribution in [0.25, 0.3) is 22.2 Å². The number of hydrogen-bond acceptors (Lipinski definition) is 1. The first-order chi connectivity index (χ1) is 9.24. The fraction of sp³-hybridized carbons (Fsp3) is 0.235. The van der Waals surface area contributed by atoms with Crippen LogP contribution >= 0.6 is 0 Å². The topological polar surface area (TPSA) is 17.8 Å². The number of fused-ring (bicyclic) bond motifs is 1. The molecule has 0 aliphatic carbocycles. The molecule has 3 aromatic rings. The maximum absolute atomic E-state index is 4.47. The Kier molecular flexibility index (Phi) is 3.08. The molecule has 0 atom stereocenters. The van der Waals surface area contributed by atoms with Gasteiger partial charge < -0.3 is 4.57 Å². The number of imidazole rings is 1. The van der Waals surface area contributed by atoms with Gasteiger partial charge in [-0.3, -0.25) is 0 Å². The SMILES string of the molecule is CC(C)Cn1cnc2ccc(-c3ccccc3)cc21. The maximum Gasteiger partial charge on any atom is 0.0958 e. The number of nitrogens with zero attached hydrogens (tertiary/aromatic N) is 2. The normalized spacial score (nSPS) is 11.3. The van der Waals surface area contributed by atoms with Gasteiger partial charge in [0, 0.05) is 6.54 Å². The average Bonchev–Trinajstić information content (AvgIpc) is 2.82. The summed E-state index contributed by atoms with van der Waals surface area (Å²) in [6.07, 6.45) is 1.94. The zero-order valence-corrected chi connectivity index (χ0v) is 11.4. The van der Waals surface area contributed by atoms with Crippen LogP contribution in [0.2, 0.25) is 0 Å². The van der Waals surface area contributed by atoms with Crippen LogP contribution < -0.4 is 0 Å². The van der Waals surface area contributed by atoms with Crippen LogP contribution in [-0.2, 0) is 6.54 Å². The second-order valence-electron chi connectivity index (χ2n) is 5.36. The molecule has 3 rings (SSSR count). The molecule has 0 aliphatic rings. The quantitative estimate of drug-likeness (QED) is 0.675. The summed E-state index contributed by atoms with van der Waals surface area (Å²) in [6.45, 7) is 5.47. The van der Waals surface area contributed by atoms with E-state index in [1.807, 2.05) is 12.4 Å². The van der Waals surface area contributed by atoms with Crippen molar-refractivity contribution in [3.05, 3.63) is 54.9 Å². The first-order valence-corrected chi connectivity index (χ1v) is 6.74. The molecule has 0 saturated carbocycles. The summed E-state index contributed by atoms with van der Waals surface area (Å²) < 4.78 is 2.24. The molecule has 1 heterocycles. The summed E-state index contributed by atoms with van der Waals surface area (Å²) in [5.41, 5.74) is 4.79. The molecule has 96 valence electrons. The molecule has 2 aromatic carbocycles. The molecule has 19 heavy (non-hydrogen) atoms. The Morgan fingerprint density at radius 1 is 1.00 bits per heavy atom. The van der Waals surface area contributed by atoms with Gasteiger partial charge in [-0.2, -0.15) is 0 Å². The molecule has 0 saturated heterocycles. The molecule has 0 aliphatic heterocycles. The van der Waals surface area contributed by atoms with E-state index in [2.05, 4.69) is 65.9 Å². The van der Waals surface area contributed by atoms with E-state index in [0.717, 1.165) is 12.1 Å². The summed E-state index contributed by atoms with van der Waals surface area (Å²) in [4.78, 5) is 4.47. The molecule has 0 radical (unpaired) electrons.